The van der Waals surface area contributed by atoms with Gasteiger partial charge in [0, 0.05) is 34.5 Å². The van der Waals surface area contributed by atoms with Gasteiger partial charge in [-0.25, -0.2) is 0 Å². The largest absolute Gasteiger partial charge is 0.335 e. The van der Waals surface area contributed by atoms with Crippen LogP contribution in [0.15, 0.2) is 12.1 Å². The van der Waals surface area contributed by atoms with Gasteiger partial charge < -0.3 is 4.90 Å². The van der Waals surface area contributed by atoms with Crippen molar-refractivity contribution in [1.29, 1.82) is 0 Å². The summed E-state index contributed by atoms with van der Waals surface area (Å²) in [6.07, 6.45) is 2.62. The van der Waals surface area contributed by atoms with Crippen molar-refractivity contribution in [2.45, 2.75) is 66.1 Å². The smallest absolute Gasteiger partial charge is 0.225 e. The van der Waals surface area contributed by atoms with Gasteiger partial charge in [-0.15, -0.1) is 11.3 Å². The topological polar surface area (TPSA) is 55.2 Å². The van der Waals surface area contributed by atoms with Crippen LogP contribution in [0.4, 0.5) is 0 Å². The number of aryl methyl sites for hydroxylation is 3. The van der Waals surface area contributed by atoms with E-state index in [9.17, 15) is 9.59 Å². The molecule has 2 aromatic rings. The van der Waals surface area contributed by atoms with E-state index in [4.69, 9.17) is 0 Å². The van der Waals surface area contributed by atoms with E-state index in [1.54, 1.807) is 22.9 Å². The third-order valence-corrected chi connectivity index (χ3v) is 5.69. The molecule has 1 aliphatic rings. The molecule has 2 heterocycles. The van der Waals surface area contributed by atoms with Crippen molar-refractivity contribution in [2.75, 3.05) is 0 Å². The molecule has 0 aliphatic heterocycles. The second-order valence-corrected chi connectivity index (χ2v) is 8.21. The van der Waals surface area contributed by atoms with Crippen molar-refractivity contribution in [3.63, 3.8) is 0 Å². The quantitative estimate of drug-likeness (QED) is 0.709. The second-order valence-electron chi connectivity index (χ2n) is 6.84. The average Bonchev–Trinajstić information content (AvgIpc) is 3.23. The lowest BCUT2D eigenvalue weighted by Gasteiger charge is -2.22. The van der Waals surface area contributed by atoms with Crippen LogP contribution in [0, 0.1) is 20.8 Å². The fourth-order valence-electron chi connectivity index (χ4n) is 3.31. The molecule has 0 saturated heterocycles. The van der Waals surface area contributed by atoms with E-state index in [0.717, 1.165) is 24.2 Å². The van der Waals surface area contributed by atoms with Crippen LogP contribution in [0.3, 0.4) is 0 Å². The van der Waals surface area contributed by atoms with Crippen molar-refractivity contribution in [1.82, 2.24) is 14.7 Å². The minimum atomic E-state index is 0.0280. The normalized spacial score (nSPS) is 13.9. The fourth-order valence-corrected chi connectivity index (χ4v) is 4.20. The third-order valence-electron chi connectivity index (χ3n) is 4.70. The Hall–Kier alpha value is -1.95. The monoisotopic (exact) mass is 359 g/mol. The van der Waals surface area contributed by atoms with Gasteiger partial charge in [-0.3, -0.25) is 14.3 Å². The van der Waals surface area contributed by atoms with Crippen molar-refractivity contribution in [3.8, 4) is 0 Å². The van der Waals surface area contributed by atoms with E-state index >= 15 is 0 Å². The molecular formula is C19H25N3O2S. The van der Waals surface area contributed by atoms with E-state index in [1.807, 2.05) is 18.7 Å². The van der Waals surface area contributed by atoms with Crippen molar-refractivity contribution in [3.05, 3.63) is 38.8 Å². The highest BCUT2D eigenvalue weighted by Gasteiger charge is 2.32. The predicted molar refractivity (Wildman–Crippen MR) is 99.0 cm³/mol. The van der Waals surface area contributed by atoms with Crippen LogP contribution in [0.5, 0.6) is 0 Å². The molecule has 0 aromatic carbocycles. The predicted octanol–water partition coefficient (Wildman–Crippen LogP) is 3.65. The number of ketones is 1. The molecule has 3 rings (SSSR count). The summed E-state index contributed by atoms with van der Waals surface area (Å²) in [5, 5.41) is 4.44. The summed E-state index contributed by atoms with van der Waals surface area (Å²) in [7, 11) is 0. The van der Waals surface area contributed by atoms with E-state index in [0.29, 0.717) is 31.1 Å². The van der Waals surface area contributed by atoms with E-state index < -0.39 is 0 Å². The summed E-state index contributed by atoms with van der Waals surface area (Å²) < 4.78 is 1.80. The lowest BCUT2D eigenvalue weighted by atomic mass is 10.1. The molecule has 0 unspecified atom stereocenters. The molecule has 134 valence electrons. The summed E-state index contributed by atoms with van der Waals surface area (Å²) >= 11 is 1.76. The lowest BCUT2D eigenvalue weighted by molar-refractivity contribution is -0.132. The molecule has 1 saturated carbocycles. The Kier molecular flexibility index (Phi) is 5.08. The van der Waals surface area contributed by atoms with Crippen LogP contribution in [-0.2, 0) is 17.9 Å². The van der Waals surface area contributed by atoms with Crippen LogP contribution >= 0.6 is 11.3 Å². The zero-order valence-corrected chi connectivity index (χ0v) is 16.2. The summed E-state index contributed by atoms with van der Waals surface area (Å²) in [4.78, 5) is 29.0. The Balaban J connectivity index is 1.66. The van der Waals surface area contributed by atoms with E-state index in [1.165, 1.54) is 9.75 Å². The molecule has 25 heavy (non-hydrogen) atoms. The van der Waals surface area contributed by atoms with Crippen LogP contribution in [0.25, 0.3) is 0 Å². The standard InChI is InChI=1S/C19H25N3O2S/c1-12-5-8-17(25-12)11-21(16-6-7-16)18(24)9-10-22-14(3)19(15(4)23)13(2)20-22/h5,8,16H,6-7,9-11H2,1-4H3. The first-order valence-electron chi connectivity index (χ1n) is 8.76. The molecule has 0 N–H and O–H groups in total. The highest BCUT2D eigenvalue weighted by Crippen LogP contribution is 2.30. The number of hydrogen-bond donors (Lipinski definition) is 0. The first kappa shape index (κ1) is 17.9. The van der Waals surface area contributed by atoms with Crippen LogP contribution < -0.4 is 0 Å². The van der Waals surface area contributed by atoms with Crippen molar-refractivity contribution < 1.29 is 9.59 Å². The number of Topliss-reactive ketones (excluding diaryl/α,β-unsaturated/α-hetero) is 1. The lowest BCUT2D eigenvalue weighted by Crippen LogP contribution is -2.33. The van der Waals surface area contributed by atoms with Crippen molar-refractivity contribution in [2.24, 2.45) is 0 Å². The van der Waals surface area contributed by atoms with Crippen LogP contribution in [0.1, 0.15) is 57.7 Å². The van der Waals surface area contributed by atoms with Gasteiger partial charge in [0.1, 0.15) is 0 Å². The number of rotatable bonds is 7. The second kappa shape index (κ2) is 7.12. The first-order valence-corrected chi connectivity index (χ1v) is 9.58. The molecule has 2 aromatic heterocycles. The van der Waals surface area contributed by atoms with E-state index in [-0.39, 0.29) is 11.7 Å². The summed E-state index contributed by atoms with van der Waals surface area (Å²) in [5.41, 5.74) is 2.27. The van der Waals surface area contributed by atoms with Gasteiger partial charge >= 0.3 is 0 Å². The Bertz CT molecular complexity index is 802. The minimum Gasteiger partial charge on any atom is -0.335 e. The average molecular weight is 359 g/mol. The van der Waals surface area contributed by atoms with Gasteiger partial charge in [0.15, 0.2) is 5.78 Å². The molecule has 1 aliphatic carbocycles. The van der Waals surface area contributed by atoms with Crippen molar-refractivity contribution >= 4 is 23.0 Å². The molecule has 0 spiro atoms. The molecule has 0 bridgehead atoms. The number of nitrogens with zero attached hydrogens (tertiary/aromatic N) is 3. The van der Waals surface area contributed by atoms with Gasteiger partial charge in [0.2, 0.25) is 5.91 Å². The van der Waals surface area contributed by atoms with Gasteiger partial charge in [-0.2, -0.15) is 5.10 Å². The maximum absolute atomic E-state index is 12.8. The fraction of sp³-hybridized carbons (Fsp3) is 0.526. The molecule has 1 fully saturated rings. The van der Waals surface area contributed by atoms with Gasteiger partial charge in [-0.05, 0) is 52.7 Å². The number of thiophene rings is 1. The Labute approximate surface area is 152 Å². The number of carbonyl (C=O) groups is 2. The molecule has 0 radical (unpaired) electrons. The summed E-state index contributed by atoms with van der Waals surface area (Å²) in [5.74, 6) is 0.200. The zero-order valence-electron chi connectivity index (χ0n) is 15.3. The Morgan fingerprint density at radius 1 is 1.28 bits per heavy atom. The first-order chi connectivity index (χ1) is 11.9. The highest BCUT2D eigenvalue weighted by atomic mass is 32.1. The van der Waals surface area contributed by atoms with Crippen LogP contribution in [-0.4, -0.2) is 32.4 Å². The SMILES string of the molecule is CC(=O)c1c(C)nn(CCC(=O)N(Cc2ccc(C)s2)C2CC2)c1C. The molecule has 6 heteroatoms. The zero-order chi connectivity index (χ0) is 18.1. The number of amides is 1. The van der Waals surface area contributed by atoms with Gasteiger partial charge in [0.25, 0.3) is 0 Å². The highest BCUT2D eigenvalue weighted by molar-refractivity contribution is 7.11. The maximum Gasteiger partial charge on any atom is 0.225 e. The van der Waals surface area contributed by atoms with E-state index in [2.05, 4.69) is 24.2 Å². The van der Waals surface area contributed by atoms with Gasteiger partial charge in [-0.1, -0.05) is 0 Å². The summed E-state index contributed by atoms with van der Waals surface area (Å²) in [6, 6.07) is 4.61. The Morgan fingerprint density at radius 2 is 2.00 bits per heavy atom. The summed E-state index contributed by atoms with van der Waals surface area (Å²) in [6.45, 7) is 8.62. The van der Waals surface area contributed by atoms with Gasteiger partial charge in [0.05, 0.1) is 17.8 Å². The Morgan fingerprint density at radius 3 is 2.52 bits per heavy atom. The number of carbonyl (C=O) groups excluding carboxylic acids is 2. The maximum atomic E-state index is 12.8. The molecule has 5 nitrogen and oxygen atoms in total. The molecular weight excluding hydrogens is 334 g/mol. The van der Waals surface area contributed by atoms with Crippen LogP contribution in [0.2, 0.25) is 0 Å². The number of aromatic nitrogens is 2. The third kappa shape index (κ3) is 4.00. The molecule has 1 amide bonds. The molecule has 0 atom stereocenters. The minimum absolute atomic E-state index is 0.0280. The number of hydrogen-bond acceptors (Lipinski definition) is 4.